The molecule has 90 valence electrons. The van der Waals surface area contributed by atoms with Crippen LogP contribution in [-0.4, -0.2) is 40.4 Å². The molecule has 1 rings (SSSR count). The molecule has 2 nitrogen and oxygen atoms in total. The van der Waals surface area contributed by atoms with Crippen molar-refractivity contribution in [2.75, 3.05) is 26.0 Å². The predicted octanol–water partition coefficient (Wildman–Crippen LogP) is 1.81. The number of halogens is 1. The fourth-order valence-electron chi connectivity index (χ4n) is 2.28. The Morgan fingerprint density at radius 1 is 1.47 bits per heavy atom. The number of hydrogen-bond acceptors (Lipinski definition) is 1. The van der Waals surface area contributed by atoms with Crippen molar-refractivity contribution in [1.82, 2.24) is 4.31 Å². The molecule has 3 unspecified atom stereocenters. The van der Waals surface area contributed by atoms with E-state index in [4.69, 9.17) is 0 Å². The number of alkyl halides is 1. The van der Waals surface area contributed by atoms with Crippen LogP contribution in [0, 0.1) is 17.3 Å². The Morgan fingerprint density at radius 3 is 2.27 bits per heavy atom. The van der Waals surface area contributed by atoms with E-state index in [9.17, 15) is 8.60 Å². The monoisotopic (exact) mass is 235 g/mol. The van der Waals surface area contributed by atoms with E-state index in [1.54, 1.807) is 6.26 Å². The van der Waals surface area contributed by atoms with Gasteiger partial charge in [-0.05, 0) is 17.2 Å². The molecule has 3 atom stereocenters. The van der Waals surface area contributed by atoms with Crippen LogP contribution in [0.5, 0.6) is 0 Å². The molecule has 1 saturated heterocycles. The zero-order chi connectivity index (χ0) is 11.9. The highest BCUT2D eigenvalue weighted by Crippen LogP contribution is 2.38. The maximum absolute atomic E-state index is 12.9. The number of hydrogen-bond donors (Lipinski definition) is 0. The molecular formula is C11H22FNOS. The lowest BCUT2D eigenvalue weighted by Gasteiger charge is -2.30. The summed E-state index contributed by atoms with van der Waals surface area (Å²) in [7, 11) is -2.17. The van der Waals surface area contributed by atoms with E-state index in [-0.39, 0.29) is 23.9 Å². The van der Waals surface area contributed by atoms with Crippen LogP contribution in [0.1, 0.15) is 20.8 Å². The summed E-state index contributed by atoms with van der Waals surface area (Å²) in [6, 6.07) is 0. The topological polar surface area (TPSA) is 20.3 Å². The molecule has 1 heterocycles. The van der Waals surface area contributed by atoms with Crippen molar-refractivity contribution >= 4 is 15.6 Å². The Hall–Kier alpha value is -0.0900. The molecule has 1 aliphatic heterocycles. The van der Waals surface area contributed by atoms with Gasteiger partial charge in [-0.2, -0.15) is 0 Å². The lowest BCUT2D eigenvalue weighted by molar-refractivity contribution is 0.177. The SMILES string of the molecule is C=S(C)(=O)N1CC(CF)C(C(C)(C)C)C1. The van der Waals surface area contributed by atoms with E-state index in [1.807, 2.05) is 4.31 Å². The van der Waals surface area contributed by atoms with Crippen molar-refractivity contribution in [2.24, 2.45) is 17.3 Å². The minimum Gasteiger partial charge on any atom is -0.253 e. The average Bonchev–Trinajstić information content (AvgIpc) is 2.44. The van der Waals surface area contributed by atoms with Crippen LogP contribution in [-0.2, 0) is 9.71 Å². The van der Waals surface area contributed by atoms with Gasteiger partial charge < -0.3 is 0 Å². The highest BCUT2D eigenvalue weighted by atomic mass is 32.2. The van der Waals surface area contributed by atoms with Crippen molar-refractivity contribution in [3.8, 4) is 0 Å². The average molecular weight is 235 g/mol. The van der Waals surface area contributed by atoms with E-state index < -0.39 is 9.71 Å². The van der Waals surface area contributed by atoms with Gasteiger partial charge >= 0.3 is 0 Å². The maximum atomic E-state index is 12.9. The van der Waals surface area contributed by atoms with Gasteiger partial charge in [-0.25, -0.2) is 4.31 Å². The molecule has 0 aromatic carbocycles. The molecule has 15 heavy (non-hydrogen) atoms. The van der Waals surface area contributed by atoms with Gasteiger partial charge in [0.05, 0.1) is 6.67 Å². The van der Waals surface area contributed by atoms with Crippen molar-refractivity contribution in [3.63, 3.8) is 0 Å². The van der Waals surface area contributed by atoms with Gasteiger partial charge in [0.25, 0.3) is 0 Å². The van der Waals surface area contributed by atoms with Crippen LogP contribution in [0.2, 0.25) is 0 Å². The lowest BCUT2D eigenvalue weighted by Crippen LogP contribution is -2.30. The summed E-state index contributed by atoms with van der Waals surface area (Å²) in [5.41, 5.74) is 0.0657. The van der Waals surface area contributed by atoms with Crippen LogP contribution >= 0.6 is 0 Å². The second-order valence-corrected chi connectivity index (χ2v) is 8.13. The molecule has 0 aromatic heterocycles. The first kappa shape index (κ1) is 13.0. The standard InChI is InChI=1S/C11H22FNOS/c1-11(2,3)10-8-13(15(4,5)14)7-9(10)6-12/h9-10H,4,6-8H2,1-3,5H3. The van der Waals surface area contributed by atoms with Crippen LogP contribution in [0.15, 0.2) is 0 Å². The lowest BCUT2D eigenvalue weighted by atomic mass is 9.75. The Bertz CT molecular complexity index is 318. The summed E-state index contributed by atoms with van der Waals surface area (Å²) in [6.45, 7) is 7.31. The van der Waals surface area contributed by atoms with E-state index >= 15 is 0 Å². The second-order valence-electron chi connectivity index (χ2n) is 5.69. The van der Waals surface area contributed by atoms with E-state index in [0.717, 1.165) is 0 Å². The van der Waals surface area contributed by atoms with Crippen molar-refractivity contribution in [1.29, 1.82) is 0 Å². The van der Waals surface area contributed by atoms with Crippen LogP contribution in [0.4, 0.5) is 4.39 Å². The van der Waals surface area contributed by atoms with Gasteiger partial charge in [-0.3, -0.25) is 8.60 Å². The van der Waals surface area contributed by atoms with Crippen LogP contribution < -0.4 is 0 Å². The van der Waals surface area contributed by atoms with E-state index in [2.05, 4.69) is 26.6 Å². The number of nitrogens with zero attached hydrogens (tertiary/aromatic N) is 1. The molecule has 0 amide bonds. The van der Waals surface area contributed by atoms with Gasteiger partial charge in [-0.1, -0.05) is 20.8 Å². The van der Waals surface area contributed by atoms with Crippen LogP contribution in [0.25, 0.3) is 0 Å². The summed E-state index contributed by atoms with van der Waals surface area (Å²) in [5.74, 6) is 3.94. The molecule has 0 aliphatic carbocycles. The summed E-state index contributed by atoms with van der Waals surface area (Å²) in [4.78, 5) is 0. The predicted molar refractivity (Wildman–Crippen MR) is 65.2 cm³/mol. The van der Waals surface area contributed by atoms with Crippen molar-refractivity contribution in [3.05, 3.63) is 0 Å². The molecule has 0 bridgehead atoms. The van der Waals surface area contributed by atoms with Gasteiger partial charge in [0.1, 0.15) is 0 Å². The zero-order valence-corrected chi connectivity index (χ0v) is 10.9. The summed E-state index contributed by atoms with van der Waals surface area (Å²) >= 11 is 0. The highest BCUT2D eigenvalue weighted by Gasteiger charge is 2.41. The minimum absolute atomic E-state index is 0.00697. The normalized spacial score (nSPS) is 32.9. The largest absolute Gasteiger partial charge is 0.253 e. The first-order valence-electron chi connectivity index (χ1n) is 5.29. The minimum atomic E-state index is -2.17. The van der Waals surface area contributed by atoms with Crippen molar-refractivity contribution < 1.29 is 8.60 Å². The third-order valence-corrected chi connectivity index (χ3v) is 4.65. The van der Waals surface area contributed by atoms with E-state index in [1.165, 1.54) is 0 Å². The Kier molecular flexibility index (Phi) is 3.51. The summed E-state index contributed by atoms with van der Waals surface area (Å²) < 4.78 is 26.6. The van der Waals surface area contributed by atoms with Gasteiger partial charge in [0.15, 0.2) is 0 Å². The first-order valence-corrected chi connectivity index (χ1v) is 7.38. The second kappa shape index (κ2) is 4.06. The molecule has 0 radical (unpaired) electrons. The smallest absolute Gasteiger partial charge is 0.0938 e. The molecule has 4 heteroatoms. The Morgan fingerprint density at radius 2 is 2.00 bits per heavy atom. The molecule has 0 N–H and O–H groups in total. The third-order valence-electron chi connectivity index (χ3n) is 3.26. The fraction of sp³-hybridized carbons (Fsp3) is 0.909. The summed E-state index contributed by atoms with van der Waals surface area (Å²) in [5, 5.41) is 0. The zero-order valence-electron chi connectivity index (χ0n) is 10.1. The molecule has 0 saturated carbocycles. The Labute approximate surface area is 93.0 Å². The molecule has 1 fully saturated rings. The van der Waals surface area contributed by atoms with Crippen molar-refractivity contribution in [2.45, 2.75) is 20.8 Å². The molecule has 1 aliphatic rings. The number of rotatable bonds is 2. The first-order chi connectivity index (χ1) is 6.66. The highest BCUT2D eigenvalue weighted by molar-refractivity contribution is 7.97. The molecule has 0 spiro atoms. The van der Waals surface area contributed by atoms with Gasteiger partial charge in [0, 0.05) is 35.0 Å². The third kappa shape index (κ3) is 2.94. The van der Waals surface area contributed by atoms with Crippen LogP contribution in [0.3, 0.4) is 0 Å². The molecular weight excluding hydrogens is 213 g/mol. The van der Waals surface area contributed by atoms with Gasteiger partial charge in [-0.15, -0.1) is 0 Å². The molecule has 0 aromatic rings. The van der Waals surface area contributed by atoms with Gasteiger partial charge in [0.2, 0.25) is 0 Å². The Balaban J connectivity index is 2.85. The quantitative estimate of drug-likeness (QED) is 0.669. The maximum Gasteiger partial charge on any atom is 0.0938 e. The summed E-state index contributed by atoms with van der Waals surface area (Å²) in [6.07, 6.45) is 1.63. The van der Waals surface area contributed by atoms with E-state index in [0.29, 0.717) is 13.1 Å². The fourth-order valence-corrected chi connectivity index (χ4v) is 3.27.